The highest BCUT2D eigenvalue weighted by Gasteiger charge is 2.22. The van der Waals surface area contributed by atoms with Gasteiger partial charge in [-0.05, 0) is 62.7 Å². The lowest BCUT2D eigenvalue weighted by Gasteiger charge is -2.11. The molecule has 9 nitrogen and oxygen atoms in total. The molecule has 0 fully saturated rings. The molecule has 0 bridgehead atoms. The highest BCUT2D eigenvalue weighted by atomic mass is 35.5. The predicted molar refractivity (Wildman–Crippen MR) is 126 cm³/mol. The number of ether oxygens (including phenoxy) is 1. The van der Waals surface area contributed by atoms with Gasteiger partial charge in [-0.3, -0.25) is 18.7 Å². The molecule has 172 valence electrons. The standard InChI is InChI=1S/C23H24ClN5O4/c1-6-33-16-9-7-15(8-10-16)29-13(2)11-17(14(29)3)18(30)12-28-19-20(25-22(28)24)26(4)23(32)27(5)21(19)31/h7-11H,6,12H2,1-5H3. The molecule has 3 heterocycles. The largest absolute Gasteiger partial charge is 0.494 e. The fourth-order valence-electron chi connectivity index (χ4n) is 4.09. The number of benzene rings is 1. The van der Waals surface area contributed by atoms with Crippen LogP contribution in [0, 0.1) is 13.8 Å². The zero-order chi connectivity index (χ0) is 24.0. The number of carbonyl (C=O) groups excluding carboxylic acids is 1. The molecule has 33 heavy (non-hydrogen) atoms. The highest BCUT2D eigenvalue weighted by Crippen LogP contribution is 2.24. The van der Waals surface area contributed by atoms with Crippen LogP contribution >= 0.6 is 11.6 Å². The van der Waals surface area contributed by atoms with Crippen LogP contribution in [-0.4, -0.2) is 35.6 Å². The Morgan fingerprint density at radius 1 is 1.09 bits per heavy atom. The minimum atomic E-state index is -0.555. The maximum Gasteiger partial charge on any atom is 0.332 e. The van der Waals surface area contributed by atoms with Gasteiger partial charge in [0.1, 0.15) is 5.75 Å². The average Bonchev–Trinajstić information content (AvgIpc) is 3.27. The van der Waals surface area contributed by atoms with Gasteiger partial charge in [0.15, 0.2) is 16.9 Å². The van der Waals surface area contributed by atoms with Gasteiger partial charge in [-0.15, -0.1) is 0 Å². The summed E-state index contributed by atoms with van der Waals surface area (Å²) in [6.45, 7) is 6.12. The van der Waals surface area contributed by atoms with Crippen molar-refractivity contribution in [2.24, 2.45) is 14.1 Å². The van der Waals surface area contributed by atoms with Gasteiger partial charge in [-0.1, -0.05) is 0 Å². The lowest BCUT2D eigenvalue weighted by atomic mass is 10.1. The number of halogens is 1. The van der Waals surface area contributed by atoms with E-state index in [1.807, 2.05) is 55.7 Å². The normalized spacial score (nSPS) is 11.3. The van der Waals surface area contributed by atoms with Crippen LogP contribution in [0.4, 0.5) is 0 Å². The lowest BCUT2D eigenvalue weighted by molar-refractivity contribution is 0.0972. The Morgan fingerprint density at radius 2 is 1.76 bits per heavy atom. The van der Waals surface area contributed by atoms with E-state index in [9.17, 15) is 14.4 Å². The van der Waals surface area contributed by atoms with Crippen molar-refractivity contribution in [1.82, 2.24) is 23.3 Å². The Labute approximate surface area is 194 Å². The molecule has 0 aliphatic heterocycles. The molecule has 0 saturated carbocycles. The van der Waals surface area contributed by atoms with Crippen molar-refractivity contribution < 1.29 is 9.53 Å². The zero-order valence-electron chi connectivity index (χ0n) is 19.0. The van der Waals surface area contributed by atoms with E-state index in [1.54, 1.807) is 0 Å². The van der Waals surface area contributed by atoms with Crippen molar-refractivity contribution in [3.8, 4) is 11.4 Å². The maximum atomic E-state index is 13.3. The molecule has 0 aliphatic rings. The van der Waals surface area contributed by atoms with Crippen LogP contribution in [-0.2, 0) is 20.6 Å². The van der Waals surface area contributed by atoms with Gasteiger partial charge in [0, 0.05) is 36.7 Å². The fraction of sp³-hybridized carbons (Fsp3) is 0.304. The van der Waals surface area contributed by atoms with Crippen molar-refractivity contribution >= 4 is 28.5 Å². The quantitative estimate of drug-likeness (QED) is 0.320. The van der Waals surface area contributed by atoms with Crippen LogP contribution in [0.15, 0.2) is 39.9 Å². The summed E-state index contributed by atoms with van der Waals surface area (Å²) < 4.78 is 11.1. The molecule has 0 radical (unpaired) electrons. The van der Waals surface area contributed by atoms with Gasteiger partial charge >= 0.3 is 5.69 Å². The van der Waals surface area contributed by atoms with Crippen molar-refractivity contribution in [3.63, 3.8) is 0 Å². The minimum Gasteiger partial charge on any atom is -0.494 e. The van der Waals surface area contributed by atoms with Crippen LogP contribution in [0.3, 0.4) is 0 Å². The minimum absolute atomic E-state index is 0.0306. The summed E-state index contributed by atoms with van der Waals surface area (Å²) >= 11 is 6.28. The second-order valence-corrected chi connectivity index (χ2v) is 8.15. The van der Waals surface area contributed by atoms with Gasteiger partial charge in [0.25, 0.3) is 5.56 Å². The Balaban J connectivity index is 1.74. The summed E-state index contributed by atoms with van der Waals surface area (Å²) in [4.78, 5) is 42.4. The van der Waals surface area contributed by atoms with E-state index >= 15 is 0 Å². The first-order chi connectivity index (χ1) is 15.6. The molecule has 0 saturated heterocycles. The van der Waals surface area contributed by atoms with E-state index in [1.165, 1.54) is 23.2 Å². The summed E-state index contributed by atoms with van der Waals surface area (Å²) in [5.74, 6) is 0.551. The van der Waals surface area contributed by atoms with Crippen LogP contribution in [0.5, 0.6) is 5.75 Å². The van der Waals surface area contributed by atoms with Gasteiger partial charge in [0.05, 0.1) is 13.2 Å². The van der Waals surface area contributed by atoms with Crippen LogP contribution in [0.25, 0.3) is 16.9 Å². The first-order valence-electron chi connectivity index (χ1n) is 10.4. The Bertz CT molecular complexity index is 1510. The van der Waals surface area contributed by atoms with E-state index in [-0.39, 0.29) is 28.8 Å². The lowest BCUT2D eigenvalue weighted by Crippen LogP contribution is -2.37. The van der Waals surface area contributed by atoms with E-state index in [0.29, 0.717) is 12.2 Å². The monoisotopic (exact) mass is 469 g/mol. The van der Waals surface area contributed by atoms with E-state index in [0.717, 1.165) is 27.4 Å². The summed E-state index contributed by atoms with van der Waals surface area (Å²) in [5.41, 5.74) is 2.25. The summed E-state index contributed by atoms with van der Waals surface area (Å²) in [7, 11) is 2.88. The number of aromatic nitrogens is 5. The number of hydrogen-bond acceptors (Lipinski definition) is 5. The number of rotatable bonds is 6. The highest BCUT2D eigenvalue weighted by molar-refractivity contribution is 6.29. The molecule has 3 aromatic heterocycles. The van der Waals surface area contributed by atoms with Gasteiger partial charge in [-0.25, -0.2) is 4.79 Å². The summed E-state index contributed by atoms with van der Waals surface area (Å²) in [5, 5.41) is -0.0306. The maximum absolute atomic E-state index is 13.3. The molecule has 0 spiro atoms. The molecule has 0 N–H and O–H groups in total. The number of ketones is 1. The Hall–Kier alpha value is -3.59. The molecule has 0 atom stereocenters. The first kappa shape index (κ1) is 22.6. The zero-order valence-corrected chi connectivity index (χ0v) is 19.8. The van der Waals surface area contributed by atoms with Crippen molar-refractivity contribution in [1.29, 1.82) is 0 Å². The number of aryl methyl sites for hydroxylation is 2. The molecule has 0 unspecified atom stereocenters. The first-order valence-corrected chi connectivity index (χ1v) is 10.8. The third kappa shape index (κ3) is 3.68. The second kappa shape index (κ2) is 8.40. The predicted octanol–water partition coefficient (Wildman–Crippen LogP) is 2.78. The molecule has 4 rings (SSSR count). The Kier molecular flexibility index (Phi) is 5.75. The smallest absolute Gasteiger partial charge is 0.332 e. The number of Topliss-reactive ketones (excluding diaryl/α,β-unsaturated/α-hetero) is 1. The van der Waals surface area contributed by atoms with E-state index in [4.69, 9.17) is 16.3 Å². The van der Waals surface area contributed by atoms with Crippen molar-refractivity contribution in [2.75, 3.05) is 6.61 Å². The SMILES string of the molecule is CCOc1ccc(-n2c(C)cc(C(=O)Cn3c(Cl)nc4c3c(=O)n(C)c(=O)n4C)c2C)cc1. The molecule has 4 aromatic rings. The van der Waals surface area contributed by atoms with E-state index in [2.05, 4.69) is 4.98 Å². The van der Waals surface area contributed by atoms with Crippen LogP contribution in [0.2, 0.25) is 5.28 Å². The molecule has 1 aromatic carbocycles. The van der Waals surface area contributed by atoms with E-state index < -0.39 is 11.2 Å². The fourth-order valence-corrected chi connectivity index (χ4v) is 4.32. The number of nitrogens with zero attached hydrogens (tertiary/aromatic N) is 5. The summed E-state index contributed by atoms with van der Waals surface area (Å²) in [6, 6.07) is 9.45. The average molecular weight is 470 g/mol. The van der Waals surface area contributed by atoms with Gasteiger partial charge < -0.3 is 13.9 Å². The molecule has 0 aliphatic carbocycles. The number of imidazole rings is 1. The van der Waals surface area contributed by atoms with Crippen LogP contribution in [0.1, 0.15) is 28.7 Å². The molecule has 10 heteroatoms. The summed E-state index contributed by atoms with van der Waals surface area (Å²) in [6.07, 6.45) is 0. The molecular formula is C23H24ClN5O4. The number of carbonyl (C=O) groups is 1. The van der Waals surface area contributed by atoms with Gasteiger partial charge in [-0.2, -0.15) is 4.98 Å². The van der Waals surface area contributed by atoms with Gasteiger partial charge in [0.2, 0.25) is 5.28 Å². The topological polar surface area (TPSA) is 93.1 Å². The van der Waals surface area contributed by atoms with Crippen LogP contribution < -0.4 is 16.0 Å². The second-order valence-electron chi connectivity index (χ2n) is 7.82. The molecular weight excluding hydrogens is 446 g/mol. The van der Waals surface area contributed by atoms with Crippen molar-refractivity contribution in [2.45, 2.75) is 27.3 Å². The third-order valence-electron chi connectivity index (χ3n) is 5.74. The Morgan fingerprint density at radius 3 is 2.39 bits per heavy atom. The molecule has 0 amide bonds. The number of fused-ring (bicyclic) bond motifs is 1. The third-order valence-corrected chi connectivity index (χ3v) is 6.03. The number of hydrogen-bond donors (Lipinski definition) is 0. The van der Waals surface area contributed by atoms with Crippen molar-refractivity contribution in [3.05, 3.63) is 73.4 Å².